The molecule has 0 aliphatic heterocycles. The average molecular weight is 641 g/mol. The number of fused-ring (bicyclic) bond motifs is 2. The summed E-state index contributed by atoms with van der Waals surface area (Å²) in [5.41, 5.74) is 13.2. The molecule has 2 aliphatic carbocycles. The second-order valence-electron chi connectivity index (χ2n) is 16.2. The lowest BCUT2D eigenvalue weighted by Gasteiger charge is -2.57. The first-order chi connectivity index (χ1) is 22.1. The lowest BCUT2D eigenvalue weighted by atomic mass is 9.85. The summed E-state index contributed by atoms with van der Waals surface area (Å²) in [6, 6.07) is 37.0. The maximum Gasteiger partial charge on any atom is 0.0908 e. The molecule has 4 aromatic rings. The van der Waals surface area contributed by atoms with Gasteiger partial charge in [-0.1, -0.05) is 133 Å². The Bertz CT molecular complexity index is 1690. The second-order valence-corrected chi connectivity index (χ2v) is 20.9. The van der Waals surface area contributed by atoms with Gasteiger partial charge in [-0.25, -0.2) is 0 Å². The second kappa shape index (κ2) is 11.9. The van der Waals surface area contributed by atoms with E-state index in [1.165, 1.54) is 55.7 Å². The van der Waals surface area contributed by atoms with E-state index in [4.69, 9.17) is 9.47 Å². The van der Waals surface area contributed by atoms with Crippen molar-refractivity contribution >= 4 is 20.2 Å². The summed E-state index contributed by atoms with van der Waals surface area (Å²) in [4.78, 5) is 0. The Morgan fingerprint density at radius 1 is 0.511 bits per heavy atom. The first-order valence-electron chi connectivity index (χ1n) is 17.1. The van der Waals surface area contributed by atoms with E-state index >= 15 is 0 Å². The van der Waals surface area contributed by atoms with Crippen LogP contribution in [0.1, 0.15) is 99.9 Å². The Labute approximate surface area is 284 Å². The van der Waals surface area contributed by atoms with Crippen molar-refractivity contribution in [1.29, 1.82) is 0 Å². The molecule has 47 heavy (non-hydrogen) atoms. The summed E-state index contributed by atoms with van der Waals surface area (Å²) in [6.45, 7) is 24.0. The van der Waals surface area contributed by atoms with Crippen molar-refractivity contribution in [3.8, 4) is 0 Å². The van der Waals surface area contributed by atoms with E-state index in [-0.39, 0.29) is 21.3 Å². The van der Waals surface area contributed by atoms with E-state index < -0.39 is 8.07 Å². The fourth-order valence-corrected chi connectivity index (χ4v) is 15.0. The van der Waals surface area contributed by atoms with Gasteiger partial charge in [-0.2, -0.15) is 0 Å². The third kappa shape index (κ3) is 5.51. The van der Waals surface area contributed by atoms with Crippen LogP contribution in [0, 0.1) is 0 Å². The van der Waals surface area contributed by atoms with Crippen molar-refractivity contribution in [3.63, 3.8) is 0 Å². The normalized spacial score (nSPS) is 20.9. The lowest BCUT2D eigenvalue weighted by Crippen LogP contribution is -2.66. The van der Waals surface area contributed by atoms with Gasteiger partial charge in [0.05, 0.1) is 32.5 Å². The molecule has 6 rings (SSSR count). The largest absolute Gasteiger partial charge is 0.371 e. The van der Waals surface area contributed by atoms with Crippen LogP contribution < -0.4 is 0 Å². The van der Waals surface area contributed by atoms with Crippen molar-refractivity contribution in [2.24, 2.45) is 0 Å². The summed E-state index contributed by atoms with van der Waals surface area (Å²) < 4.78 is 12.4. The van der Waals surface area contributed by atoms with Crippen LogP contribution in [0.2, 0.25) is 13.1 Å². The Morgan fingerprint density at radius 2 is 0.851 bits per heavy atom. The summed E-state index contributed by atoms with van der Waals surface area (Å²) in [5.74, 6) is 0. The van der Waals surface area contributed by atoms with E-state index in [1.807, 2.05) is 0 Å². The molecule has 0 bridgehead atoms. The first kappa shape index (κ1) is 33.4. The fraction of sp³-hybridized carbons (Fsp3) is 0.364. The molecule has 0 fully saturated rings. The van der Waals surface area contributed by atoms with Crippen LogP contribution in [0.3, 0.4) is 0 Å². The van der Waals surface area contributed by atoms with Crippen molar-refractivity contribution in [3.05, 3.63) is 153 Å². The van der Waals surface area contributed by atoms with Crippen LogP contribution in [-0.2, 0) is 32.8 Å². The molecular formula is C44H52O2Si. The van der Waals surface area contributed by atoms with Gasteiger partial charge < -0.3 is 9.47 Å². The number of ether oxygens (including phenoxy) is 2. The zero-order valence-corrected chi connectivity index (χ0v) is 31.1. The zero-order valence-electron chi connectivity index (χ0n) is 30.1. The van der Waals surface area contributed by atoms with Gasteiger partial charge in [-0.05, 0) is 99.9 Å². The lowest BCUT2D eigenvalue weighted by molar-refractivity contribution is -0.0152. The molecule has 0 spiro atoms. The van der Waals surface area contributed by atoms with Gasteiger partial charge in [-0.15, -0.1) is 0 Å². The molecule has 4 aromatic carbocycles. The van der Waals surface area contributed by atoms with Crippen LogP contribution >= 0.6 is 0 Å². The standard InChI is InChI=1S/C44H52O2Si/c1-31-27-35-15-11-13-17-39(35)43(31,37-23-19-33(20-24-37)29-45-41(3,4)5)47(9,10)44(32(2)28-36-16-12-14-18-40(36)44)38-25-21-34(22-26-38)30-46-42(6,7)8/h11-28H,29-30H2,1-10H3. The molecule has 0 heterocycles. The van der Waals surface area contributed by atoms with E-state index in [0.29, 0.717) is 13.2 Å². The highest BCUT2D eigenvalue weighted by Gasteiger charge is 2.65. The summed E-state index contributed by atoms with van der Waals surface area (Å²) in [5, 5.41) is -0.541. The monoisotopic (exact) mass is 640 g/mol. The third-order valence-corrected chi connectivity index (χ3v) is 16.3. The molecule has 0 saturated carbocycles. The Balaban J connectivity index is 1.59. The smallest absolute Gasteiger partial charge is 0.0908 e. The van der Waals surface area contributed by atoms with Crippen LogP contribution in [0.5, 0.6) is 0 Å². The zero-order chi connectivity index (χ0) is 33.8. The maximum absolute atomic E-state index is 6.19. The quantitative estimate of drug-likeness (QED) is 0.178. The summed E-state index contributed by atoms with van der Waals surface area (Å²) in [7, 11) is -2.58. The molecule has 2 atom stereocenters. The highest BCUT2D eigenvalue weighted by molar-refractivity contribution is 6.86. The molecule has 2 unspecified atom stereocenters. The fourth-order valence-electron chi connectivity index (χ4n) is 8.77. The van der Waals surface area contributed by atoms with Crippen molar-refractivity contribution < 1.29 is 9.47 Å². The summed E-state index contributed by atoms with van der Waals surface area (Å²) in [6.07, 6.45) is 4.92. The molecule has 0 radical (unpaired) electrons. The Hall–Kier alpha value is -3.50. The van der Waals surface area contributed by atoms with Crippen molar-refractivity contribution in [1.82, 2.24) is 0 Å². The number of rotatable bonds is 8. The highest BCUT2D eigenvalue weighted by Crippen LogP contribution is 2.63. The first-order valence-corrected chi connectivity index (χ1v) is 20.1. The molecule has 2 nitrogen and oxygen atoms in total. The summed E-state index contributed by atoms with van der Waals surface area (Å²) >= 11 is 0. The van der Waals surface area contributed by atoms with Gasteiger partial charge in [0.15, 0.2) is 0 Å². The Kier molecular flexibility index (Phi) is 8.44. The number of benzene rings is 4. The van der Waals surface area contributed by atoms with E-state index in [1.54, 1.807) is 0 Å². The number of hydrogen-bond donors (Lipinski definition) is 0. The number of hydrogen-bond acceptors (Lipinski definition) is 2. The minimum Gasteiger partial charge on any atom is -0.371 e. The van der Waals surface area contributed by atoms with Crippen molar-refractivity contribution in [2.45, 2.75) is 103 Å². The molecule has 3 heteroatoms. The Morgan fingerprint density at radius 3 is 1.19 bits per heavy atom. The van der Waals surface area contributed by atoms with Crippen LogP contribution in [-0.4, -0.2) is 19.3 Å². The molecular weight excluding hydrogens is 589 g/mol. The molecule has 2 aliphatic rings. The number of allylic oxidation sites excluding steroid dienone is 2. The van der Waals surface area contributed by atoms with Crippen LogP contribution in [0.4, 0.5) is 0 Å². The van der Waals surface area contributed by atoms with E-state index in [2.05, 4.69) is 178 Å². The van der Waals surface area contributed by atoms with Gasteiger partial charge in [-0.3, -0.25) is 0 Å². The molecule has 0 N–H and O–H groups in total. The van der Waals surface area contributed by atoms with Gasteiger partial charge in [0.1, 0.15) is 0 Å². The van der Waals surface area contributed by atoms with Crippen molar-refractivity contribution in [2.75, 3.05) is 0 Å². The molecule has 0 aromatic heterocycles. The van der Waals surface area contributed by atoms with E-state index in [9.17, 15) is 0 Å². The van der Waals surface area contributed by atoms with Gasteiger partial charge in [0, 0.05) is 10.1 Å². The SMILES string of the molecule is CC1=Cc2ccccc2C1(c1ccc(COC(C)(C)C)cc1)[Si](C)(C)C1(c2ccc(COC(C)(C)C)cc2)C(C)=Cc2ccccc21. The molecule has 244 valence electrons. The highest BCUT2D eigenvalue weighted by atomic mass is 28.3. The molecule has 0 saturated heterocycles. The van der Waals surface area contributed by atoms with Crippen LogP contribution in [0.25, 0.3) is 12.2 Å². The predicted molar refractivity (Wildman–Crippen MR) is 201 cm³/mol. The molecule has 0 amide bonds. The third-order valence-electron chi connectivity index (χ3n) is 10.6. The van der Waals surface area contributed by atoms with E-state index in [0.717, 1.165) is 0 Å². The van der Waals surface area contributed by atoms with Gasteiger partial charge in [0.25, 0.3) is 0 Å². The predicted octanol–water partition coefficient (Wildman–Crippen LogP) is 11.2. The van der Waals surface area contributed by atoms with Gasteiger partial charge in [0.2, 0.25) is 0 Å². The van der Waals surface area contributed by atoms with Crippen LogP contribution in [0.15, 0.2) is 108 Å². The maximum atomic E-state index is 6.19. The van der Waals surface area contributed by atoms with Gasteiger partial charge >= 0.3 is 0 Å². The minimum absolute atomic E-state index is 0.182. The average Bonchev–Trinajstić information content (AvgIpc) is 3.50. The minimum atomic E-state index is -2.58. The topological polar surface area (TPSA) is 18.5 Å².